The summed E-state index contributed by atoms with van der Waals surface area (Å²) < 4.78 is 31.4. The van der Waals surface area contributed by atoms with Gasteiger partial charge in [-0.1, -0.05) is 32.9 Å². The summed E-state index contributed by atoms with van der Waals surface area (Å²) in [7, 11) is -3.62. The van der Waals surface area contributed by atoms with Crippen LogP contribution in [-0.2, 0) is 20.2 Å². The Morgan fingerprint density at radius 1 is 0.814 bits per heavy atom. The predicted octanol–water partition coefficient (Wildman–Crippen LogP) is 5.69. The highest BCUT2D eigenvalue weighted by Gasteiger charge is 2.23. The molecule has 0 unspecified atom stereocenters. The zero-order valence-electron chi connectivity index (χ0n) is 25.1. The third-order valence-electron chi connectivity index (χ3n) is 6.24. The molecule has 4 aromatic rings. The predicted molar refractivity (Wildman–Crippen MR) is 167 cm³/mol. The Hall–Kier alpha value is -4.71. The second kappa shape index (κ2) is 11.5. The summed E-state index contributed by atoms with van der Waals surface area (Å²) in [6.07, 6.45) is 1.00. The molecular weight excluding hydrogens is 570 g/mol. The lowest BCUT2D eigenvalue weighted by molar-refractivity contribution is 0.00648. The SMILES string of the molecule is CC(C)(C)OC(=O)c1n[nH]c2cc(NC(=O)c3ccc(NS(C)(=O)=O)cc3NC(=O)c3ccc(C(C)(C)C)cc3)ccc12. The fourth-order valence-electron chi connectivity index (χ4n) is 4.22. The molecule has 0 atom stereocenters. The van der Waals surface area contributed by atoms with Crippen LogP contribution in [0, 0.1) is 0 Å². The summed E-state index contributed by atoms with van der Waals surface area (Å²) in [5.74, 6) is -1.61. The van der Waals surface area contributed by atoms with Crippen LogP contribution in [0.25, 0.3) is 10.9 Å². The lowest BCUT2D eigenvalue weighted by atomic mass is 9.86. The highest BCUT2D eigenvalue weighted by molar-refractivity contribution is 7.92. The zero-order valence-corrected chi connectivity index (χ0v) is 25.9. The first-order valence-corrected chi connectivity index (χ1v) is 15.4. The van der Waals surface area contributed by atoms with E-state index in [0.29, 0.717) is 22.2 Å². The van der Waals surface area contributed by atoms with Crippen LogP contribution in [-0.4, -0.2) is 48.3 Å². The molecule has 3 aromatic carbocycles. The minimum atomic E-state index is -3.62. The molecule has 0 spiro atoms. The number of esters is 1. The number of nitrogens with zero attached hydrogens (tertiary/aromatic N) is 1. The first-order valence-electron chi connectivity index (χ1n) is 13.5. The minimum Gasteiger partial charge on any atom is -0.455 e. The maximum Gasteiger partial charge on any atom is 0.360 e. The van der Waals surface area contributed by atoms with Crippen LogP contribution in [0.1, 0.15) is 78.3 Å². The Morgan fingerprint density at radius 3 is 2.07 bits per heavy atom. The quantitative estimate of drug-likeness (QED) is 0.197. The molecule has 0 bridgehead atoms. The summed E-state index contributed by atoms with van der Waals surface area (Å²) in [5, 5.41) is 12.9. The number of carbonyl (C=O) groups is 3. The standard InChI is InChI=1S/C31H35N5O6S/c1-30(2,3)19-10-8-18(9-11-19)27(37)33-24-17-21(36-43(7,40)41)13-15-23(24)28(38)32-20-12-14-22-25(16-20)34-35-26(22)29(39)42-31(4,5)6/h8-17,36H,1-7H3,(H,32,38)(H,33,37)(H,34,35). The number of anilines is 3. The molecule has 4 N–H and O–H groups in total. The molecule has 0 saturated heterocycles. The van der Waals surface area contributed by atoms with E-state index in [0.717, 1.165) is 11.8 Å². The fraction of sp³-hybridized carbons (Fsp3) is 0.290. The zero-order chi connectivity index (χ0) is 31.7. The van der Waals surface area contributed by atoms with Gasteiger partial charge in [0.2, 0.25) is 10.0 Å². The monoisotopic (exact) mass is 605 g/mol. The topological polar surface area (TPSA) is 159 Å². The van der Waals surface area contributed by atoms with Gasteiger partial charge in [0.25, 0.3) is 11.8 Å². The van der Waals surface area contributed by atoms with E-state index in [1.165, 1.54) is 18.2 Å². The van der Waals surface area contributed by atoms with Crippen molar-refractivity contribution in [1.82, 2.24) is 10.2 Å². The van der Waals surface area contributed by atoms with Gasteiger partial charge in [-0.2, -0.15) is 5.10 Å². The van der Waals surface area contributed by atoms with E-state index in [1.807, 2.05) is 12.1 Å². The lowest BCUT2D eigenvalue weighted by Gasteiger charge is -2.19. The van der Waals surface area contributed by atoms with E-state index in [9.17, 15) is 22.8 Å². The third-order valence-corrected chi connectivity index (χ3v) is 6.85. The number of H-pyrrole nitrogens is 1. The Labute approximate surface area is 250 Å². The number of benzene rings is 3. The van der Waals surface area contributed by atoms with Gasteiger partial charge in [-0.05, 0) is 80.3 Å². The maximum absolute atomic E-state index is 13.4. The molecule has 4 rings (SSSR count). The van der Waals surface area contributed by atoms with Gasteiger partial charge in [0.1, 0.15) is 5.60 Å². The number of hydrogen-bond donors (Lipinski definition) is 4. The summed E-state index contributed by atoms with van der Waals surface area (Å²) in [5.41, 5.74) is 2.02. The third kappa shape index (κ3) is 7.98. The van der Waals surface area contributed by atoms with Gasteiger partial charge in [-0.25, -0.2) is 13.2 Å². The van der Waals surface area contributed by atoms with Gasteiger partial charge in [0.05, 0.1) is 28.7 Å². The Balaban J connectivity index is 1.61. The molecule has 0 radical (unpaired) electrons. The van der Waals surface area contributed by atoms with Crippen LogP contribution < -0.4 is 15.4 Å². The first-order chi connectivity index (χ1) is 19.9. The molecule has 43 heavy (non-hydrogen) atoms. The number of carbonyl (C=O) groups excluding carboxylic acids is 3. The Morgan fingerprint density at radius 2 is 1.47 bits per heavy atom. The smallest absolute Gasteiger partial charge is 0.360 e. The number of aromatic amines is 1. The van der Waals surface area contributed by atoms with Gasteiger partial charge < -0.3 is 15.4 Å². The normalized spacial score (nSPS) is 12.1. The van der Waals surface area contributed by atoms with Gasteiger partial charge in [0.15, 0.2) is 5.69 Å². The van der Waals surface area contributed by atoms with Crippen molar-refractivity contribution in [3.05, 3.63) is 83.0 Å². The van der Waals surface area contributed by atoms with Crippen LogP contribution in [0.5, 0.6) is 0 Å². The second-order valence-electron chi connectivity index (χ2n) is 12.2. The Bertz CT molecular complexity index is 1810. The van der Waals surface area contributed by atoms with Crippen molar-refractivity contribution < 1.29 is 27.5 Å². The van der Waals surface area contributed by atoms with Crippen LogP contribution in [0.2, 0.25) is 0 Å². The Kier molecular flexibility index (Phi) is 8.37. The van der Waals surface area contributed by atoms with Gasteiger partial charge in [-0.15, -0.1) is 0 Å². The summed E-state index contributed by atoms with van der Waals surface area (Å²) in [6.45, 7) is 11.5. The summed E-state index contributed by atoms with van der Waals surface area (Å²) in [4.78, 5) is 39.1. The number of sulfonamides is 1. The molecule has 1 heterocycles. The number of aromatic nitrogens is 2. The summed E-state index contributed by atoms with van der Waals surface area (Å²) in [6, 6.07) is 16.2. The van der Waals surface area contributed by atoms with Crippen LogP contribution in [0.15, 0.2) is 60.7 Å². The minimum absolute atomic E-state index is 0.0948. The fourth-order valence-corrected chi connectivity index (χ4v) is 4.77. The van der Waals surface area contributed by atoms with Crippen molar-refractivity contribution >= 4 is 55.8 Å². The molecular formula is C31H35N5O6S. The molecule has 0 saturated carbocycles. The van der Waals surface area contributed by atoms with E-state index in [1.54, 1.807) is 51.1 Å². The van der Waals surface area contributed by atoms with Gasteiger partial charge in [0, 0.05) is 16.6 Å². The van der Waals surface area contributed by atoms with Crippen LogP contribution in [0.4, 0.5) is 17.1 Å². The second-order valence-corrected chi connectivity index (χ2v) is 14.0. The molecule has 0 aliphatic carbocycles. The molecule has 0 fully saturated rings. The van der Waals surface area contributed by atoms with E-state index >= 15 is 0 Å². The number of nitrogens with one attached hydrogen (secondary N) is 4. The van der Waals surface area contributed by atoms with Crippen molar-refractivity contribution in [3.8, 4) is 0 Å². The molecule has 11 nitrogen and oxygen atoms in total. The van der Waals surface area contributed by atoms with Crippen LogP contribution in [0.3, 0.4) is 0 Å². The van der Waals surface area contributed by atoms with Crippen molar-refractivity contribution in [2.75, 3.05) is 21.6 Å². The highest BCUT2D eigenvalue weighted by atomic mass is 32.2. The average molecular weight is 606 g/mol. The van der Waals surface area contributed by atoms with Gasteiger partial charge >= 0.3 is 5.97 Å². The van der Waals surface area contributed by atoms with Crippen molar-refractivity contribution in [3.63, 3.8) is 0 Å². The molecule has 2 amide bonds. The molecule has 12 heteroatoms. The summed E-state index contributed by atoms with van der Waals surface area (Å²) >= 11 is 0. The van der Waals surface area contributed by atoms with Crippen molar-refractivity contribution in [2.45, 2.75) is 52.6 Å². The van der Waals surface area contributed by atoms with Gasteiger partial charge in [-0.3, -0.25) is 19.4 Å². The number of hydrogen-bond acceptors (Lipinski definition) is 7. The van der Waals surface area contributed by atoms with Crippen molar-refractivity contribution in [2.24, 2.45) is 0 Å². The molecule has 0 aliphatic heterocycles. The number of rotatable bonds is 7. The van der Waals surface area contributed by atoms with Crippen LogP contribution >= 0.6 is 0 Å². The molecule has 0 aliphatic rings. The maximum atomic E-state index is 13.4. The van der Waals surface area contributed by atoms with Crippen molar-refractivity contribution in [1.29, 1.82) is 0 Å². The lowest BCUT2D eigenvalue weighted by Crippen LogP contribution is -2.24. The first kappa shape index (κ1) is 31.2. The van der Waals surface area contributed by atoms with E-state index in [4.69, 9.17) is 4.74 Å². The van der Waals surface area contributed by atoms with E-state index in [-0.39, 0.29) is 28.0 Å². The average Bonchev–Trinajstić information content (AvgIpc) is 3.30. The van der Waals surface area contributed by atoms with E-state index in [2.05, 4.69) is 46.3 Å². The number of fused-ring (bicyclic) bond motifs is 1. The highest BCUT2D eigenvalue weighted by Crippen LogP contribution is 2.27. The molecule has 1 aromatic heterocycles. The number of amides is 2. The number of ether oxygens (including phenoxy) is 1. The molecule has 226 valence electrons. The van der Waals surface area contributed by atoms with E-state index < -0.39 is 33.4 Å². The largest absolute Gasteiger partial charge is 0.455 e.